The molecule has 322 valence electrons. The molecule has 4 aromatic heterocycles. The zero-order valence-corrected chi connectivity index (χ0v) is 37.7. The number of rotatable bonds is 10. The van der Waals surface area contributed by atoms with Gasteiger partial charge in [-0.25, -0.2) is 9.97 Å². The van der Waals surface area contributed by atoms with Crippen LogP contribution in [0.4, 0.5) is 0 Å². The monoisotopic (exact) mass is 876 g/mol. The van der Waals surface area contributed by atoms with Crippen LogP contribution in [0.2, 0.25) is 0 Å². The van der Waals surface area contributed by atoms with E-state index < -0.39 is 13.7 Å². The molecular weight excluding hydrogens is 834 g/mol. The molecule has 0 fully saturated rings. The molecule has 11 aromatic rings. The first-order chi connectivity index (χ1) is 33.4. The fourth-order valence-electron chi connectivity index (χ4n) is 10.0. The third-order valence-electron chi connectivity index (χ3n) is 12.8. The molecule has 0 aliphatic heterocycles. The van der Waals surface area contributed by atoms with Crippen LogP contribution in [0.3, 0.4) is 0 Å². The Morgan fingerprint density at radius 2 is 0.868 bits per heavy atom. The van der Waals surface area contributed by atoms with E-state index >= 15 is 0 Å². The summed E-state index contributed by atoms with van der Waals surface area (Å²) in [5.74, 6) is 0.209. The topological polar surface area (TPSA) is 110 Å². The summed E-state index contributed by atoms with van der Waals surface area (Å²) in [7, 11) is 0. The molecule has 0 bridgehead atoms. The normalized spacial score (nSPS) is 12.3. The molecule has 0 N–H and O–H groups in total. The zero-order chi connectivity index (χ0) is 46.3. The average molecular weight is 877 g/mol. The summed E-state index contributed by atoms with van der Waals surface area (Å²) in [5, 5.41) is 26.6. The fourth-order valence-corrected chi connectivity index (χ4v) is 10.0. The number of aromatic nitrogens is 4. The van der Waals surface area contributed by atoms with Crippen molar-refractivity contribution in [2.24, 2.45) is 0 Å². The third-order valence-corrected chi connectivity index (χ3v) is 12.8. The third kappa shape index (κ3) is 7.03. The predicted molar refractivity (Wildman–Crippen MR) is 274 cm³/mol. The summed E-state index contributed by atoms with van der Waals surface area (Å²) in [6.45, 7) is 5.53. The van der Waals surface area contributed by atoms with Gasteiger partial charge >= 0.3 is 13.7 Å². The van der Waals surface area contributed by atoms with Crippen molar-refractivity contribution in [2.75, 3.05) is 0 Å². The van der Waals surface area contributed by atoms with Crippen molar-refractivity contribution in [1.29, 1.82) is 10.5 Å². The van der Waals surface area contributed by atoms with Gasteiger partial charge in [0, 0.05) is 27.7 Å². The van der Waals surface area contributed by atoms with E-state index in [1.807, 2.05) is 84.9 Å². The van der Waals surface area contributed by atoms with Gasteiger partial charge in [-0.1, -0.05) is 206 Å². The molecule has 11 rings (SSSR count). The van der Waals surface area contributed by atoms with E-state index in [0.717, 1.165) is 55.1 Å². The van der Waals surface area contributed by atoms with E-state index in [2.05, 4.69) is 151 Å². The van der Waals surface area contributed by atoms with Crippen LogP contribution in [0.15, 0.2) is 203 Å². The molecule has 0 radical (unpaired) electrons. The minimum Gasteiger partial charge on any atom is -0.435 e. The Morgan fingerprint density at radius 3 is 1.28 bits per heavy atom. The molecule has 0 atom stereocenters. The summed E-state index contributed by atoms with van der Waals surface area (Å²) in [5.41, 5.74) is 10.6. The second-order valence-electron chi connectivity index (χ2n) is 17.3. The van der Waals surface area contributed by atoms with Gasteiger partial charge in [0.05, 0.1) is 10.7 Å². The Hall–Kier alpha value is -8.85. The minimum atomic E-state index is -0.489. The van der Waals surface area contributed by atoms with Crippen molar-refractivity contribution >= 4 is 79.7 Å². The molecule has 0 saturated heterocycles. The van der Waals surface area contributed by atoms with Crippen LogP contribution in [-0.4, -0.2) is 32.6 Å². The molecule has 10 heteroatoms. The largest absolute Gasteiger partial charge is 0.435 e. The Balaban J connectivity index is 1.50. The second-order valence-corrected chi connectivity index (χ2v) is 17.3. The molecular formula is C58H42B2N6O2. The molecule has 0 aliphatic carbocycles. The summed E-state index contributed by atoms with van der Waals surface area (Å²) in [4.78, 5) is 10.1. The van der Waals surface area contributed by atoms with Crippen LogP contribution in [0.25, 0.3) is 55.4 Å². The van der Waals surface area contributed by atoms with E-state index in [1.54, 1.807) is 0 Å². The number of benzene rings is 7. The number of hydrogen-bond acceptors (Lipinski definition) is 6. The van der Waals surface area contributed by atoms with Gasteiger partial charge in [-0.2, -0.15) is 10.5 Å². The lowest BCUT2D eigenvalue weighted by Gasteiger charge is -2.25. The zero-order valence-electron chi connectivity index (χ0n) is 37.7. The fraction of sp³-hybridized carbons (Fsp3) is 0.0690. The Morgan fingerprint density at radius 1 is 0.485 bits per heavy atom. The Kier molecular flexibility index (Phi) is 10.8. The highest BCUT2D eigenvalue weighted by Crippen LogP contribution is 2.36. The summed E-state index contributed by atoms with van der Waals surface area (Å²) in [6, 6.07) is 70.4. The van der Waals surface area contributed by atoms with E-state index in [0.29, 0.717) is 32.9 Å². The maximum atomic E-state index is 11.9. The maximum absolute atomic E-state index is 11.9. The highest BCUT2D eigenvalue weighted by molar-refractivity contribution is 6.85. The highest BCUT2D eigenvalue weighted by Gasteiger charge is 2.38. The van der Waals surface area contributed by atoms with E-state index in [1.165, 1.54) is 0 Å². The van der Waals surface area contributed by atoms with Gasteiger partial charge in [-0.15, -0.1) is 0 Å². The van der Waals surface area contributed by atoms with Crippen LogP contribution in [-0.2, 0) is 0 Å². The lowest BCUT2D eigenvalue weighted by Crippen LogP contribution is -2.54. The van der Waals surface area contributed by atoms with Crippen LogP contribution >= 0.6 is 0 Å². The van der Waals surface area contributed by atoms with Crippen molar-refractivity contribution < 1.29 is 8.83 Å². The van der Waals surface area contributed by atoms with Gasteiger partial charge in [0.15, 0.2) is 11.2 Å². The van der Waals surface area contributed by atoms with Crippen molar-refractivity contribution in [1.82, 2.24) is 18.9 Å². The number of aryl methyl sites for hydroxylation is 1. The molecule has 0 spiro atoms. The number of oxazole rings is 2. The van der Waals surface area contributed by atoms with Crippen molar-refractivity contribution in [3.63, 3.8) is 0 Å². The van der Waals surface area contributed by atoms with Crippen LogP contribution in [0.5, 0.6) is 0 Å². The molecule has 0 aliphatic rings. The number of hydrogen-bond donors (Lipinski definition) is 0. The van der Waals surface area contributed by atoms with Crippen molar-refractivity contribution in [2.45, 2.75) is 26.7 Å². The molecule has 7 aromatic carbocycles. The quantitative estimate of drug-likeness (QED) is 0.128. The molecule has 68 heavy (non-hydrogen) atoms. The van der Waals surface area contributed by atoms with Crippen LogP contribution in [0, 0.1) is 29.6 Å². The summed E-state index contributed by atoms with van der Waals surface area (Å²) < 4.78 is 17.9. The second kappa shape index (κ2) is 17.5. The Labute approximate surface area is 394 Å². The first-order valence-corrected chi connectivity index (χ1v) is 22.8. The van der Waals surface area contributed by atoms with Crippen molar-refractivity contribution in [3.8, 4) is 23.4 Å². The lowest BCUT2D eigenvalue weighted by atomic mass is 9.50. The number of fused-ring (bicyclic) bond motifs is 3. The first-order valence-electron chi connectivity index (χ1n) is 22.8. The van der Waals surface area contributed by atoms with Crippen LogP contribution < -0.4 is 32.5 Å². The lowest BCUT2D eigenvalue weighted by molar-refractivity contribution is 0.585. The average Bonchev–Trinajstić information content (AvgIpc) is 4.16. The van der Waals surface area contributed by atoms with Gasteiger partial charge in [-0.3, -0.25) is 0 Å². The molecule has 8 nitrogen and oxygen atoms in total. The van der Waals surface area contributed by atoms with Gasteiger partial charge in [0.2, 0.25) is 11.8 Å². The number of para-hydroxylation sites is 4. The maximum Gasteiger partial charge on any atom is 0.328 e. The smallest absolute Gasteiger partial charge is 0.328 e. The van der Waals surface area contributed by atoms with E-state index in [4.69, 9.17) is 18.8 Å². The standard InChI is InChI=1S/C58H42B2N6O2/c1-38(2)53-51-52(56(46(37-62)58-64-48-33-19-21-35-50(48)68-58)65(53)59(40-23-8-4-9-24-40)41-25-10-5-11-26-41)54(44-31-17-16-22-39(44)3)66(60(42-27-12-6-13-28-42)43-29-14-7-15-30-43)55(51)45(36-61)57-63-47-32-18-20-34-49(47)67-57/h4-35,38H,1-3H3/b55-45-,56-46-. The Bertz CT molecular complexity index is 3640. The van der Waals surface area contributed by atoms with E-state index in [9.17, 15) is 10.5 Å². The van der Waals surface area contributed by atoms with Gasteiger partial charge < -0.3 is 17.8 Å². The highest BCUT2D eigenvalue weighted by atomic mass is 16.4. The molecule has 4 heterocycles. The van der Waals surface area contributed by atoms with E-state index in [-0.39, 0.29) is 28.8 Å². The van der Waals surface area contributed by atoms with Gasteiger partial charge in [0.1, 0.15) is 34.3 Å². The molecule has 0 amide bonds. The van der Waals surface area contributed by atoms with Crippen LogP contribution in [0.1, 0.15) is 42.8 Å². The number of nitrogens with zero attached hydrogens (tertiary/aromatic N) is 6. The van der Waals surface area contributed by atoms with Gasteiger partial charge in [-0.05, 0) is 42.7 Å². The van der Waals surface area contributed by atoms with Crippen molar-refractivity contribution in [3.05, 3.63) is 228 Å². The first kappa shape index (κ1) is 41.8. The molecule has 0 unspecified atom stereocenters. The van der Waals surface area contributed by atoms with Gasteiger partial charge in [0.25, 0.3) is 0 Å². The SMILES string of the molecule is Cc1ccccc1-c1c2/c(=C(\C#N)c3nc4ccccc4o3)n(B(c3ccccc3)c3ccccc3)c(C(C)C)c2/c(=C(\C#N)c2nc3ccccc3o2)n1B(c1ccccc1)c1ccccc1. The minimum absolute atomic E-state index is 0.181. The summed E-state index contributed by atoms with van der Waals surface area (Å²) >= 11 is 0. The summed E-state index contributed by atoms with van der Waals surface area (Å²) in [6.07, 6.45) is 0. The number of nitriles is 2. The predicted octanol–water partition coefficient (Wildman–Crippen LogP) is 8.58. The molecule has 0 saturated carbocycles.